The second-order valence-corrected chi connectivity index (χ2v) is 9.84. The number of Topliss-reactive ketones (excluding diaryl/α,β-unsaturated/α-hetero) is 1. The zero-order valence-electron chi connectivity index (χ0n) is 21.5. The van der Waals surface area contributed by atoms with Gasteiger partial charge in [-0.25, -0.2) is 9.07 Å². The Morgan fingerprint density at radius 1 is 1.08 bits per heavy atom. The van der Waals surface area contributed by atoms with E-state index >= 15 is 0 Å². The van der Waals surface area contributed by atoms with Crippen LogP contribution in [0.15, 0.2) is 59.5 Å². The summed E-state index contributed by atoms with van der Waals surface area (Å²) in [5, 5.41) is 8.73. The summed E-state index contributed by atoms with van der Waals surface area (Å²) in [6.45, 7) is 5.56. The van der Waals surface area contributed by atoms with Gasteiger partial charge in [-0.1, -0.05) is 43.3 Å². The zero-order valence-corrected chi connectivity index (χ0v) is 21.5. The van der Waals surface area contributed by atoms with Crippen LogP contribution in [-0.2, 0) is 25.7 Å². The molecule has 2 atom stereocenters. The van der Waals surface area contributed by atoms with Crippen LogP contribution in [0.25, 0.3) is 10.8 Å². The molecule has 1 heterocycles. The van der Waals surface area contributed by atoms with E-state index in [1.165, 1.54) is 16.9 Å². The van der Waals surface area contributed by atoms with Gasteiger partial charge in [0.25, 0.3) is 5.56 Å². The Hall–Kier alpha value is -3.88. The molecule has 9 heteroatoms. The Labute approximate surface area is 214 Å². The van der Waals surface area contributed by atoms with Crippen LogP contribution in [0.1, 0.15) is 57.6 Å². The number of ketones is 1. The average molecular weight is 510 g/mol. The minimum Gasteiger partial charge on any atom is -0.460 e. The van der Waals surface area contributed by atoms with Gasteiger partial charge in [0.15, 0.2) is 5.78 Å². The maximum atomic E-state index is 13.3. The van der Waals surface area contributed by atoms with Crippen molar-refractivity contribution in [2.24, 2.45) is 0 Å². The van der Waals surface area contributed by atoms with Crippen molar-refractivity contribution in [2.45, 2.75) is 64.6 Å². The first-order chi connectivity index (χ1) is 17.5. The molecule has 2 aromatic carbocycles. The summed E-state index contributed by atoms with van der Waals surface area (Å²) in [6.07, 6.45) is 1.17. The highest BCUT2D eigenvalue weighted by atomic mass is 19.1. The third-order valence-electron chi connectivity index (χ3n) is 5.82. The molecule has 3 rings (SSSR count). The smallest absolute Gasteiger partial charge is 0.308 e. The van der Waals surface area contributed by atoms with Crippen molar-refractivity contribution in [1.82, 2.24) is 15.1 Å². The van der Waals surface area contributed by atoms with Crippen molar-refractivity contribution in [3.63, 3.8) is 0 Å². The number of esters is 1. The van der Waals surface area contributed by atoms with Gasteiger partial charge < -0.3 is 10.1 Å². The number of ether oxygens (including phenoxy) is 1. The van der Waals surface area contributed by atoms with E-state index in [4.69, 9.17) is 4.74 Å². The molecule has 0 aliphatic carbocycles. The fourth-order valence-electron chi connectivity index (χ4n) is 4.06. The molecule has 2 unspecified atom stereocenters. The van der Waals surface area contributed by atoms with Gasteiger partial charge in [0, 0.05) is 11.8 Å². The van der Waals surface area contributed by atoms with Gasteiger partial charge in [-0.05, 0) is 55.7 Å². The Balaban J connectivity index is 1.81. The van der Waals surface area contributed by atoms with E-state index in [0.717, 1.165) is 16.3 Å². The Morgan fingerprint density at radius 3 is 2.43 bits per heavy atom. The minimum absolute atomic E-state index is 0.194. The fraction of sp³-hybridized carbons (Fsp3) is 0.393. The van der Waals surface area contributed by atoms with E-state index in [-0.39, 0.29) is 18.5 Å². The molecule has 1 aromatic heterocycles. The number of hydrogen-bond donors (Lipinski definition) is 1. The molecule has 0 fully saturated rings. The van der Waals surface area contributed by atoms with Crippen LogP contribution in [0.4, 0.5) is 4.39 Å². The van der Waals surface area contributed by atoms with Crippen molar-refractivity contribution < 1.29 is 23.5 Å². The average Bonchev–Trinajstić information content (AvgIpc) is 2.84. The molecule has 0 aliphatic rings. The summed E-state index contributed by atoms with van der Waals surface area (Å²) in [5.41, 5.74) is -0.185. The summed E-state index contributed by atoms with van der Waals surface area (Å²) in [5.74, 6) is -3.27. The highest BCUT2D eigenvalue weighted by Crippen LogP contribution is 2.19. The first-order valence-electron chi connectivity index (χ1n) is 12.2. The minimum atomic E-state index is -1.40. The molecule has 0 bridgehead atoms. The number of halogens is 1. The lowest BCUT2D eigenvalue weighted by atomic mass is 9.96. The lowest BCUT2D eigenvalue weighted by molar-refractivity contribution is -0.156. The highest BCUT2D eigenvalue weighted by molar-refractivity contribution is 5.94. The molecule has 0 radical (unpaired) electrons. The number of fused-ring (bicyclic) bond motifs is 1. The molecule has 37 heavy (non-hydrogen) atoms. The number of benzene rings is 2. The van der Waals surface area contributed by atoms with E-state index < -0.39 is 53.9 Å². The lowest BCUT2D eigenvalue weighted by Crippen LogP contribution is -2.46. The molecule has 1 amide bonds. The third-order valence-corrected chi connectivity index (χ3v) is 5.82. The molecule has 0 saturated carbocycles. The molecule has 0 saturated heterocycles. The second-order valence-electron chi connectivity index (χ2n) is 9.84. The van der Waals surface area contributed by atoms with Gasteiger partial charge >= 0.3 is 5.97 Å². The Kier molecular flexibility index (Phi) is 8.91. The van der Waals surface area contributed by atoms with Crippen molar-refractivity contribution in [2.75, 3.05) is 6.67 Å². The van der Waals surface area contributed by atoms with Gasteiger partial charge in [0.2, 0.25) is 5.91 Å². The number of nitrogens with one attached hydrogen (secondary N) is 1. The van der Waals surface area contributed by atoms with Crippen molar-refractivity contribution in [1.29, 1.82) is 0 Å². The summed E-state index contributed by atoms with van der Waals surface area (Å²) < 4.78 is 19.7. The maximum Gasteiger partial charge on any atom is 0.308 e. The number of hydrogen-bond acceptors (Lipinski definition) is 6. The number of rotatable bonds is 10. The van der Waals surface area contributed by atoms with Gasteiger partial charge in [-0.15, -0.1) is 0 Å². The summed E-state index contributed by atoms with van der Waals surface area (Å²) in [4.78, 5) is 50.8. The van der Waals surface area contributed by atoms with Crippen LogP contribution in [-0.4, -0.2) is 45.8 Å². The number of alkyl halides is 1. The summed E-state index contributed by atoms with van der Waals surface area (Å²) in [7, 11) is 0. The quantitative estimate of drug-likeness (QED) is 0.418. The monoisotopic (exact) mass is 509 g/mol. The Morgan fingerprint density at radius 2 is 1.78 bits per heavy atom. The van der Waals surface area contributed by atoms with Crippen LogP contribution in [0.5, 0.6) is 0 Å². The van der Waals surface area contributed by atoms with E-state index in [2.05, 4.69) is 10.4 Å². The van der Waals surface area contributed by atoms with E-state index in [0.29, 0.717) is 0 Å². The van der Waals surface area contributed by atoms with E-state index in [1.54, 1.807) is 27.7 Å². The largest absolute Gasteiger partial charge is 0.460 e. The predicted octanol–water partition coefficient (Wildman–Crippen LogP) is 3.69. The normalized spacial score (nSPS) is 13.1. The fourth-order valence-corrected chi connectivity index (χ4v) is 4.06. The third kappa shape index (κ3) is 7.31. The van der Waals surface area contributed by atoms with Crippen molar-refractivity contribution >= 4 is 28.4 Å². The molecule has 0 aliphatic heterocycles. The van der Waals surface area contributed by atoms with Crippen LogP contribution in [0.3, 0.4) is 0 Å². The molecule has 3 aromatic rings. The highest BCUT2D eigenvalue weighted by Gasteiger charge is 2.30. The molecule has 8 nitrogen and oxygen atoms in total. The van der Waals surface area contributed by atoms with Crippen molar-refractivity contribution in [3.05, 3.63) is 76.2 Å². The standard InChI is InChI=1S/C28H32FN3O5/c1-5-21(26(35)31-23(24(33)16-29)15-25(34)37-28(2,3)4)22-12-13-30-32(27(22)36)17-18-10-11-19-8-6-7-9-20(19)14-18/h6-14,21,23H,5,15-17H2,1-4H3,(H,31,35). The summed E-state index contributed by atoms with van der Waals surface area (Å²) in [6, 6.07) is 13.8. The van der Waals surface area contributed by atoms with Gasteiger partial charge in [0.05, 0.1) is 18.9 Å². The first-order valence-corrected chi connectivity index (χ1v) is 12.2. The molecule has 196 valence electrons. The molecule has 1 N–H and O–H groups in total. The molecular formula is C28H32FN3O5. The van der Waals surface area contributed by atoms with E-state index in [1.807, 2.05) is 42.5 Å². The SMILES string of the molecule is CCC(C(=O)NC(CC(=O)OC(C)(C)C)C(=O)CF)c1ccnn(Cc2ccc3ccccc3c2)c1=O. The lowest BCUT2D eigenvalue weighted by Gasteiger charge is -2.23. The van der Waals surface area contributed by atoms with Gasteiger partial charge in [-0.2, -0.15) is 5.10 Å². The number of amides is 1. The topological polar surface area (TPSA) is 107 Å². The van der Waals surface area contributed by atoms with Crippen LogP contribution < -0.4 is 10.9 Å². The second kappa shape index (κ2) is 11.9. The van der Waals surface area contributed by atoms with Crippen LogP contribution >= 0.6 is 0 Å². The van der Waals surface area contributed by atoms with Gasteiger partial charge in [0.1, 0.15) is 18.3 Å². The first kappa shape index (κ1) is 27.7. The predicted molar refractivity (Wildman–Crippen MR) is 138 cm³/mol. The van der Waals surface area contributed by atoms with Crippen LogP contribution in [0.2, 0.25) is 0 Å². The maximum absolute atomic E-state index is 13.3. The zero-order chi connectivity index (χ0) is 27.2. The number of aromatic nitrogens is 2. The molecule has 0 spiro atoms. The van der Waals surface area contributed by atoms with E-state index in [9.17, 15) is 23.6 Å². The number of carbonyl (C=O) groups excluding carboxylic acids is 3. The number of carbonyl (C=O) groups is 3. The van der Waals surface area contributed by atoms with Crippen LogP contribution in [0, 0.1) is 0 Å². The van der Waals surface area contributed by atoms with Crippen molar-refractivity contribution in [3.8, 4) is 0 Å². The van der Waals surface area contributed by atoms with Gasteiger partial charge in [-0.3, -0.25) is 19.2 Å². The Bertz CT molecular complexity index is 1350. The molecular weight excluding hydrogens is 477 g/mol. The number of nitrogens with zero attached hydrogens (tertiary/aromatic N) is 2. The summed E-state index contributed by atoms with van der Waals surface area (Å²) >= 11 is 0.